The minimum atomic E-state index is -0.342. The highest BCUT2D eigenvalue weighted by molar-refractivity contribution is 5.82. The second kappa shape index (κ2) is 6.54. The SMILES string of the molecule is CC(=O)C(N)CCCN=C(N)C(C)C. The van der Waals surface area contributed by atoms with Gasteiger partial charge in [-0.3, -0.25) is 9.79 Å². The summed E-state index contributed by atoms with van der Waals surface area (Å²) in [6, 6.07) is -0.342. The van der Waals surface area contributed by atoms with E-state index in [1.807, 2.05) is 13.8 Å². The van der Waals surface area contributed by atoms with Gasteiger partial charge in [0, 0.05) is 12.5 Å². The van der Waals surface area contributed by atoms with Crippen LogP contribution in [0.25, 0.3) is 0 Å². The van der Waals surface area contributed by atoms with E-state index in [4.69, 9.17) is 11.5 Å². The van der Waals surface area contributed by atoms with E-state index in [0.717, 1.165) is 6.42 Å². The highest BCUT2D eigenvalue weighted by Crippen LogP contribution is 1.98. The van der Waals surface area contributed by atoms with Crippen LogP contribution in [-0.4, -0.2) is 24.2 Å². The fraction of sp³-hybridized carbons (Fsp3) is 0.800. The predicted molar refractivity (Wildman–Crippen MR) is 59.2 cm³/mol. The number of nitrogens with zero attached hydrogens (tertiary/aromatic N) is 1. The van der Waals surface area contributed by atoms with Gasteiger partial charge in [-0.05, 0) is 19.8 Å². The fourth-order valence-electron chi connectivity index (χ4n) is 0.905. The quantitative estimate of drug-likeness (QED) is 0.375. The Morgan fingerprint density at radius 1 is 1.43 bits per heavy atom. The van der Waals surface area contributed by atoms with Crippen LogP contribution in [0.1, 0.15) is 33.6 Å². The normalized spacial score (nSPS) is 14.5. The summed E-state index contributed by atoms with van der Waals surface area (Å²) in [6.45, 7) is 6.17. The molecule has 0 aliphatic heterocycles. The van der Waals surface area contributed by atoms with Crippen LogP contribution >= 0.6 is 0 Å². The van der Waals surface area contributed by atoms with Crippen molar-refractivity contribution in [2.24, 2.45) is 22.4 Å². The van der Waals surface area contributed by atoms with Crippen molar-refractivity contribution in [2.75, 3.05) is 6.54 Å². The minimum absolute atomic E-state index is 0.0332. The zero-order valence-corrected chi connectivity index (χ0v) is 9.29. The zero-order chi connectivity index (χ0) is 11.1. The molecule has 0 fully saturated rings. The number of nitrogens with two attached hydrogens (primary N) is 2. The lowest BCUT2D eigenvalue weighted by molar-refractivity contribution is -0.118. The van der Waals surface area contributed by atoms with E-state index >= 15 is 0 Å². The molecule has 4 nitrogen and oxygen atoms in total. The Balaban J connectivity index is 3.66. The first kappa shape index (κ1) is 13.1. The Labute approximate surface area is 85.8 Å². The molecule has 0 rings (SSSR count). The third-order valence-corrected chi connectivity index (χ3v) is 2.08. The molecule has 0 saturated carbocycles. The summed E-state index contributed by atoms with van der Waals surface area (Å²) >= 11 is 0. The van der Waals surface area contributed by atoms with E-state index in [0.29, 0.717) is 18.8 Å². The van der Waals surface area contributed by atoms with Crippen LogP contribution in [0.3, 0.4) is 0 Å². The average Bonchev–Trinajstić information content (AvgIpc) is 2.11. The minimum Gasteiger partial charge on any atom is -0.387 e. The number of carbonyl (C=O) groups excluding carboxylic acids is 1. The Morgan fingerprint density at radius 3 is 2.43 bits per heavy atom. The van der Waals surface area contributed by atoms with Gasteiger partial charge in [-0.2, -0.15) is 0 Å². The van der Waals surface area contributed by atoms with Crippen LogP contribution in [0.4, 0.5) is 0 Å². The van der Waals surface area contributed by atoms with E-state index in [1.54, 1.807) is 0 Å². The maximum Gasteiger partial charge on any atom is 0.146 e. The lowest BCUT2D eigenvalue weighted by Gasteiger charge is -2.06. The largest absolute Gasteiger partial charge is 0.387 e. The van der Waals surface area contributed by atoms with Crippen LogP contribution in [0.15, 0.2) is 4.99 Å². The number of hydrogen-bond donors (Lipinski definition) is 2. The van der Waals surface area contributed by atoms with E-state index in [1.165, 1.54) is 6.92 Å². The van der Waals surface area contributed by atoms with Gasteiger partial charge >= 0.3 is 0 Å². The Bertz CT molecular complexity index is 211. The first-order valence-electron chi connectivity index (χ1n) is 5.01. The van der Waals surface area contributed by atoms with E-state index < -0.39 is 0 Å². The Hall–Kier alpha value is -0.900. The van der Waals surface area contributed by atoms with Crippen LogP contribution < -0.4 is 11.5 Å². The molecule has 14 heavy (non-hydrogen) atoms. The van der Waals surface area contributed by atoms with Gasteiger partial charge < -0.3 is 11.5 Å². The predicted octanol–water partition coefficient (Wildman–Crippen LogP) is 0.696. The molecule has 0 aromatic carbocycles. The van der Waals surface area contributed by atoms with Crippen molar-refractivity contribution >= 4 is 11.6 Å². The number of ketones is 1. The van der Waals surface area contributed by atoms with Gasteiger partial charge in [0.15, 0.2) is 0 Å². The van der Waals surface area contributed by atoms with Gasteiger partial charge in [-0.1, -0.05) is 13.8 Å². The Kier molecular flexibility index (Phi) is 6.12. The van der Waals surface area contributed by atoms with Gasteiger partial charge in [0.1, 0.15) is 5.78 Å². The molecule has 0 aliphatic rings. The van der Waals surface area contributed by atoms with Crippen molar-refractivity contribution in [3.05, 3.63) is 0 Å². The summed E-state index contributed by atoms with van der Waals surface area (Å²) in [6.07, 6.45) is 1.50. The molecule has 4 heteroatoms. The Morgan fingerprint density at radius 2 is 2.00 bits per heavy atom. The molecule has 0 heterocycles. The van der Waals surface area contributed by atoms with Gasteiger partial charge in [-0.25, -0.2) is 0 Å². The van der Waals surface area contributed by atoms with E-state index in [-0.39, 0.29) is 17.7 Å². The fourth-order valence-corrected chi connectivity index (χ4v) is 0.905. The molecule has 4 N–H and O–H groups in total. The second-order valence-electron chi connectivity index (χ2n) is 3.82. The monoisotopic (exact) mass is 199 g/mol. The summed E-state index contributed by atoms with van der Waals surface area (Å²) < 4.78 is 0. The lowest BCUT2D eigenvalue weighted by atomic mass is 10.1. The third-order valence-electron chi connectivity index (χ3n) is 2.08. The van der Waals surface area contributed by atoms with Crippen molar-refractivity contribution in [3.8, 4) is 0 Å². The molecule has 1 unspecified atom stereocenters. The molecule has 0 aromatic rings. The summed E-state index contributed by atoms with van der Waals surface area (Å²) in [5.41, 5.74) is 11.2. The first-order chi connectivity index (χ1) is 6.45. The van der Waals surface area contributed by atoms with Crippen molar-refractivity contribution in [1.29, 1.82) is 0 Å². The van der Waals surface area contributed by atoms with Crippen LogP contribution in [-0.2, 0) is 4.79 Å². The molecule has 0 amide bonds. The van der Waals surface area contributed by atoms with Crippen molar-refractivity contribution in [3.63, 3.8) is 0 Å². The highest BCUT2D eigenvalue weighted by atomic mass is 16.1. The highest BCUT2D eigenvalue weighted by Gasteiger charge is 2.06. The molecular weight excluding hydrogens is 178 g/mol. The van der Waals surface area contributed by atoms with Crippen molar-refractivity contribution in [2.45, 2.75) is 39.7 Å². The summed E-state index contributed by atoms with van der Waals surface area (Å²) in [5.74, 6) is 0.990. The number of Topliss-reactive ketones (excluding diaryl/α,β-unsaturated/α-hetero) is 1. The molecule has 82 valence electrons. The molecule has 0 bridgehead atoms. The smallest absolute Gasteiger partial charge is 0.146 e. The van der Waals surface area contributed by atoms with Crippen molar-refractivity contribution in [1.82, 2.24) is 0 Å². The standard InChI is InChI=1S/C10H21N3O/c1-7(2)10(12)13-6-4-5-9(11)8(3)14/h7,9H,4-6,11H2,1-3H3,(H2,12,13). The first-order valence-corrected chi connectivity index (χ1v) is 5.01. The maximum absolute atomic E-state index is 10.8. The van der Waals surface area contributed by atoms with Gasteiger partial charge in [0.05, 0.1) is 11.9 Å². The molecule has 0 aromatic heterocycles. The average molecular weight is 199 g/mol. The number of rotatable bonds is 6. The zero-order valence-electron chi connectivity index (χ0n) is 9.29. The van der Waals surface area contributed by atoms with Gasteiger partial charge in [0.25, 0.3) is 0 Å². The second-order valence-corrected chi connectivity index (χ2v) is 3.82. The molecule has 0 saturated heterocycles. The van der Waals surface area contributed by atoms with Crippen LogP contribution in [0.2, 0.25) is 0 Å². The number of aliphatic imine (C=N–C) groups is 1. The van der Waals surface area contributed by atoms with E-state index in [9.17, 15) is 4.79 Å². The van der Waals surface area contributed by atoms with Crippen molar-refractivity contribution < 1.29 is 4.79 Å². The molecule has 0 aliphatic carbocycles. The van der Waals surface area contributed by atoms with Crippen LogP contribution in [0, 0.1) is 5.92 Å². The third kappa shape index (κ3) is 5.70. The summed E-state index contributed by atoms with van der Waals surface area (Å²) in [4.78, 5) is 15.0. The topological polar surface area (TPSA) is 81.5 Å². The molecule has 1 atom stereocenters. The molecular formula is C10H21N3O. The number of amidine groups is 1. The molecule has 0 radical (unpaired) electrons. The van der Waals surface area contributed by atoms with Gasteiger partial charge in [-0.15, -0.1) is 0 Å². The number of carbonyl (C=O) groups is 1. The number of hydrogen-bond acceptors (Lipinski definition) is 3. The van der Waals surface area contributed by atoms with E-state index in [2.05, 4.69) is 4.99 Å². The summed E-state index contributed by atoms with van der Waals surface area (Å²) in [5, 5.41) is 0. The van der Waals surface area contributed by atoms with Crippen LogP contribution in [0.5, 0.6) is 0 Å². The molecule has 0 spiro atoms. The van der Waals surface area contributed by atoms with Gasteiger partial charge in [0.2, 0.25) is 0 Å². The summed E-state index contributed by atoms with van der Waals surface area (Å²) in [7, 11) is 0. The maximum atomic E-state index is 10.8. The lowest BCUT2D eigenvalue weighted by Crippen LogP contribution is -2.28.